The van der Waals surface area contributed by atoms with Crippen LogP contribution in [0.4, 0.5) is 18.9 Å². The Bertz CT molecular complexity index is 1400. The van der Waals surface area contributed by atoms with Crippen LogP contribution in [0.15, 0.2) is 72.8 Å². The number of carbonyl (C=O) groups is 1. The van der Waals surface area contributed by atoms with E-state index in [4.69, 9.17) is 14.5 Å². The number of halogens is 3. The molecular weight excluding hydrogens is 483 g/mol. The minimum absolute atomic E-state index is 0.182. The fourth-order valence-corrected chi connectivity index (χ4v) is 4.71. The number of alkyl halides is 3. The molecule has 6 nitrogen and oxygen atoms in total. The number of methoxy groups -OCH3 is 1. The lowest BCUT2D eigenvalue weighted by Crippen LogP contribution is -2.25. The fraction of sp³-hybridized carbons (Fsp3) is 0.286. The van der Waals surface area contributed by atoms with E-state index in [1.807, 2.05) is 48.5 Å². The maximum Gasteiger partial charge on any atom is 0.416 e. The number of aromatic nitrogens is 2. The zero-order chi connectivity index (χ0) is 26.0. The van der Waals surface area contributed by atoms with Gasteiger partial charge in [-0.1, -0.05) is 18.2 Å². The summed E-state index contributed by atoms with van der Waals surface area (Å²) in [7, 11) is 1.61. The second kappa shape index (κ2) is 10.2. The van der Waals surface area contributed by atoms with Gasteiger partial charge in [0, 0.05) is 31.1 Å². The molecule has 3 aromatic carbocycles. The van der Waals surface area contributed by atoms with Crippen LogP contribution in [0.25, 0.3) is 11.0 Å². The van der Waals surface area contributed by atoms with E-state index in [-0.39, 0.29) is 30.5 Å². The third-order valence-electron chi connectivity index (χ3n) is 6.51. The fourth-order valence-electron chi connectivity index (χ4n) is 4.71. The molecule has 0 saturated carbocycles. The molecule has 0 spiro atoms. The highest BCUT2D eigenvalue weighted by atomic mass is 19.4. The first-order chi connectivity index (χ1) is 17.8. The number of imidazole rings is 1. The topological polar surface area (TPSA) is 56.6 Å². The van der Waals surface area contributed by atoms with Crippen molar-refractivity contribution in [2.45, 2.75) is 31.5 Å². The number of ether oxygens (including phenoxy) is 2. The van der Waals surface area contributed by atoms with Gasteiger partial charge in [-0.05, 0) is 61.0 Å². The Morgan fingerprint density at radius 3 is 2.51 bits per heavy atom. The predicted octanol–water partition coefficient (Wildman–Crippen LogP) is 6.05. The number of nitrogens with zero attached hydrogens (tertiary/aromatic N) is 3. The summed E-state index contributed by atoms with van der Waals surface area (Å²) in [5, 5.41) is 0. The Morgan fingerprint density at radius 1 is 1.00 bits per heavy atom. The molecule has 1 saturated heterocycles. The van der Waals surface area contributed by atoms with Gasteiger partial charge in [0.25, 0.3) is 0 Å². The largest absolute Gasteiger partial charge is 0.497 e. The Balaban J connectivity index is 1.33. The quantitative estimate of drug-likeness (QED) is 0.271. The van der Waals surface area contributed by atoms with Crippen LogP contribution in [-0.4, -0.2) is 35.7 Å². The summed E-state index contributed by atoms with van der Waals surface area (Å²) >= 11 is 0. The molecule has 0 radical (unpaired) electrons. The Morgan fingerprint density at radius 2 is 1.76 bits per heavy atom. The van der Waals surface area contributed by atoms with Crippen molar-refractivity contribution in [2.24, 2.45) is 0 Å². The molecule has 5 rings (SSSR count). The highest BCUT2D eigenvalue weighted by molar-refractivity contribution is 5.96. The Labute approximate surface area is 212 Å². The lowest BCUT2D eigenvalue weighted by Gasteiger charge is -2.19. The molecule has 9 heteroatoms. The summed E-state index contributed by atoms with van der Waals surface area (Å²) < 4.78 is 52.8. The van der Waals surface area contributed by atoms with Crippen molar-refractivity contribution < 1.29 is 27.4 Å². The molecule has 37 heavy (non-hydrogen) atoms. The summed E-state index contributed by atoms with van der Waals surface area (Å²) in [4.78, 5) is 19.1. The molecule has 0 N–H and O–H groups in total. The molecule has 1 aliphatic rings. The maximum atomic E-state index is 13.2. The van der Waals surface area contributed by atoms with E-state index >= 15 is 0 Å². The second-order valence-corrected chi connectivity index (χ2v) is 8.94. The van der Waals surface area contributed by atoms with Gasteiger partial charge in [0.15, 0.2) is 0 Å². The average molecular weight is 510 g/mol. The van der Waals surface area contributed by atoms with E-state index in [0.29, 0.717) is 19.6 Å². The SMILES string of the molecule is COc1ccc(OCCCn2c([C@H]3CC(=O)N(c4cccc(C(F)(F)F)c4)C3)nc3ccccc32)cc1. The van der Waals surface area contributed by atoms with E-state index in [2.05, 4.69) is 4.57 Å². The van der Waals surface area contributed by atoms with Crippen LogP contribution in [0.1, 0.15) is 30.1 Å². The molecule has 1 fully saturated rings. The average Bonchev–Trinajstić information content (AvgIpc) is 3.47. The third-order valence-corrected chi connectivity index (χ3v) is 6.51. The lowest BCUT2D eigenvalue weighted by atomic mass is 10.1. The lowest BCUT2D eigenvalue weighted by molar-refractivity contribution is -0.137. The molecule has 0 unspecified atom stereocenters. The highest BCUT2D eigenvalue weighted by Crippen LogP contribution is 2.36. The number of rotatable bonds is 8. The van der Waals surface area contributed by atoms with E-state index in [0.717, 1.165) is 40.5 Å². The van der Waals surface area contributed by atoms with Gasteiger partial charge in [-0.2, -0.15) is 13.2 Å². The summed E-state index contributed by atoms with van der Waals surface area (Å²) in [6.07, 6.45) is -3.58. The summed E-state index contributed by atoms with van der Waals surface area (Å²) in [6.45, 7) is 1.38. The molecule has 1 aliphatic heterocycles. The van der Waals surface area contributed by atoms with Crippen LogP contribution in [0, 0.1) is 0 Å². The van der Waals surface area contributed by atoms with Gasteiger partial charge in [0.05, 0.1) is 30.3 Å². The Kier molecular flexibility index (Phi) is 6.78. The number of carbonyl (C=O) groups excluding carboxylic acids is 1. The summed E-state index contributed by atoms with van der Waals surface area (Å²) in [6, 6.07) is 20.0. The highest BCUT2D eigenvalue weighted by Gasteiger charge is 2.36. The maximum absolute atomic E-state index is 13.2. The standard InChI is InChI=1S/C28H26F3N3O3/c1-36-22-10-12-23(13-11-22)37-15-5-14-33-25-9-3-2-8-24(25)32-27(33)19-16-26(35)34(18-19)21-7-4-6-20(17-21)28(29,30)31/h2-4,6-13,17,19H,5,14-16,18H2,1H3/t19-/m0/s1. The Hall–Kier alpha value is -4.01. The number of aryl methyl sites for hydroxylation is 1. The van der Waals surface area contributed by atoms with Crippen molar-refractivity contribution >= 4 is 22.6 Å². The first kappa shape index (κ1) is 24.7. The minimum atomic E-state index is -4.47. The zero-order valence-electron chi connectivity index (χ0n) is 20.2. The molecule has 4 aromatic rings. The van der Waals surface area contributed by atoms with Gasteiger partial charge in [-0.25, -0.2) is 4.98 Å². The normalized spacial score (nSPS) is 15.9. The number of anilines is 1. The third kappa shape index (κ3) is 5.26. The molecule has 0 bridgehead atoms. The molecule has 1 atom stereocenters. The predicted molar refractivity (Wildman–Crippen MR) is 134 cm³/mol. The van der Waals surface area contributed by atoms with Crippen LogP contribution in [0.5, 0.6) is 11.5 Å². The van der Waals surface area contributed by atoms with E-state index in [1.165, 1.54) is 17.0 Å². The van der Waals surface area contributed by atoms with Crippen LogP contribution < -0.4 is 14.4 Å². The van der Waals surface area contributed by atoms with Crippen LogP contribution in [0.2, 0.25) is 0 Å². The number of para-hydroxylation sites is 2. The number of hydrogen-bond acceptors (Lipinski definition) is 4. The van der Waals surface area contributed by atoms with Crippen LogP contribution in [0.3, 0.4) is 0 Å². The van der Waals surface area contributed by atoms with Crippen molar-refractivity contribution in [2.75, 3.05) is 25.2 Å². The summed E-state index contributed by atoms with van der Waals surface area (Å²) in [5.74, 6) is 1.80. The van der Waals surface area contributed by atoms with E-state index < -0.39 is 11.7 Å². The van der Waals surface area contributed by atoms with Crippen molar-refractivity contribution in [3.05, 3.63) is 84.2 Å². The van der Waals surface area contributed by atoms with Gasteiger partial charge in [0.2, 0.25) is 5.91 Å². The molecule has 1 amide bonds. The van der Waals surface area contributed by atoms with Crippen molar-refractivity contribution in [1.29, 1.82) is 0 Å². The number of fused-ring (bicyclic) bond motifs is 1. The summed E-state index contributed by atoms with van der Waals surface area (Å²) in [5.41, 5.74) is 1.24. The first-order valence-corrected chi connectivity index (χ1v) is 12.0. The van der Waals surface area contributed by atoms with E-state index in [1.54, 1.807) is 7.11 Å². The van der Waals surface area contributed by atoms with Crippen LogP contribution >= 0.6 is 0 Å². The number of benzene rings is 3. The second-order valence-electron chi connectivity index (χ2n) is 8.94. The number of amides is 1. The van der Waals surface area contributed by atoms with Crippen molar-refractivity contribution in [3.8, 4) is 11.5 Å². The van der Waals surface area contributed by atoms with Gasteiger partial charge < -0.3 is 18.9 Å². The monoisotopic (exact) mass is 509 g/mol. The van der Waals surface area contributed by atoms with Gasteiger partial charge in [-0.3, -0.25) is 4.79 Å². The minimum Gasteiger partial charge on any atom is -0.497 e. The van der Waals surface area contributed by atoms with E-state index in [9.17, 15) is 18.0 Å². The number of hydrogen-bond donors (Lipinski definition) is 0. The van der Waals surface area contributed by atoms with Crippen molar-refractivity contribution in [3.63, 3.8) is 0 Å². The zero-order valence-corrected chi connectivity index (χ0v) is 20.2. The van der Waals surface area contributed by atoms with Crippen LogP contribution in [-0.2, 0) is 17.5 Å². The van der Waals surface area contributed by atoms with Crippen molar-refractivity contribution in [1.82, 2.24) is 9.55 Å². The van der Waals surface area contributed by atoms with Gasteiger partial charge in [0.1, 0.15) is 17.3 Å². The van der Waals surface area contributed by atoms with Gasteiger partial charge in [-0.15, -0.1) is 0 Å². The molecular formula is C28H26F3N3O3. The smallest absolute Gasteiger partial charge is 0.416 e. The molecule has 0 aliphatic carbocycles. The molecule has 1 aromatic heterocycles. The molecule has 2 heterocycles. The first-order valence-electron chi connectivity index (χ1n) is 12.0. The molecule has 192 valence electrons. The van der Waals surface area contributed by atoms with Gasteiger partial charge >= 0.3 is 6.18 Å².